The molecule has 1 aliphatic rings. The molecule has 0 aromatic heterocycles. The summed E-state index contributed by atoms with van der Waals surface area (Å²) in [5.74, 6) is 0.781. The van der Waals surface area contributed by atoms with E-state index in [1.54, 1.807) is 25.3 Å². The van der Waals surface area contributed by atoms with E-state index in [0.29, 0.717) is 35.5 Å². The number of halogens is 2. The number of hydrogen-bond acceptors (Lipinski definition) is 4. The molecular weight excluding hydrogens is 339 g/mol. The molecule has 1 heterocycles. The van der Waals surface area contributed by atoms with E-state index in [9.17, 15) is 4.79 Å². The van der Waals surface area contributed by atoms with Gasteiger partial charge >= 0.3 is 0 Å². The molecule has 23 heavy (non-hydrogen) atoms. The van der Waals surface area contributed by atoms with Gasteiger partial charge in [0, 0.05) is 18.2 Å². The second kappa shape index (κ2) is 9.98. The Bertz CT molecular complexity index is 514. The summed E-state index contributed by atoms with van der Waals surface area (Å²) in [5.41, 5.74) is 0.467. The molecule has 0 aliphatic carbocycles. The summed E-state index contributed by atoms with van der Waals surface area (Å²) in [4.78, 5) is 12.6. The Morgan fingerprint density at radius 2 is 2.22 bits per heavy atom. The average molecular weight is 363 g/mol. The molecule has 1 aromatic rings. The molecule has 2 rings (SSSR count). The fourth-order valence-electron chi connectivity index (χ4n) is 2.52. The molecule has 0 saturated carbocycles. The molecule has 1 fully saturated rings. The highest BCUT2D eigenvalue weighted by Crippen LogP contribution is 2.23. The van der Waals surface area contributed by atoms with Crippen LogP contribution in [-0.4, -0.2) is 45.4 Å². The lowest BCUT2D eigenvalue weighted by molar-refractivity contribution is 0.0906. The standard InChI is InChI=1S/C16H23ClN2O3.ClH/c1-11-10-18-6-5-14(11)19-16(20)13-9-12(17)3-4-15(13)22-8-7-21-2;/h3-4,9,11,14,18H,5-8,10H2,1-2H3,(H,19,20);1H. The van der Waals surface area contributed by atoms with Crippen LogP contribution in [0.1, 0.15) is 23.7 Å². The number of methoxy groups -OCH3 is 1. The van der Waals surface area contributed by atoms with Crippen molar-refractivity contribution in [3.63, 3.8) is 0 Å². The highest BCUT2D eigenvalue weighted by Gasteiger charge is 2.24. The number of amides is 1. The monoisotopic (exact) mass is 362 g/mol. The molecule has 5 nitrogen and oxygen atoms in total. The zero-order valence-electron chi connectivity index (χ0n) is 13.4. The van der Waals surface area contributed by atoms with Gasteiger partial charge in [0.25, 0.3) is 5.91 Å². The van der Waals surface area contributed by atoms with Crippen molar-refractivity contribution < 1.29 is 14.3 Å². The summed E-state index contributed by atoms with van der Waals surface area (Å²) in [6.07, 6.45) is 0.924. The maximum atomic E-state index is 12.6. The van der Waals surface area contributed by atoms with Crippen molar-refractivity contribution in [1.82, 2.24) is 10.6 Å². The van der Waals surface area contributed by atoms with Crippen molar-refractivity contribution in [1.29, 1.82) is 0 Å². The van der Waals surface area contributed by atoms with Crippen molar-refractivity contribution in [3.8, 4) is 5.75 Å². The number of nitrogens with one attached hydrogen (secondary N) is 2. The fourth-order valence-corrected chi connectivity index (χ4v) is 2.69. The predicted octanol–water partition coefficient (Wildman–Crippen LogP) is 2.51. The zero-order chi connectivity index (χ0) is 15.9. The Morgan fingerprint density at radius 1 is 1.43 bits per heavy atom. The van der Waals surface area contributed by atoms with Gasteiger partial charge in [-0.25, -0.2) is 0 Å². The Morgan fingerprint density at radius 3 is 2.91 bits per heavy atom. The van der Waals surface area contributed by atoms with Crippen LogP contribution >= 0.6 is 24.0 Å². The Balaban J connectivity index is 0.00000264. The van der Waals surface area contributed by atoms with Crippen LogP contribution in [0.15, 0.2) is 18.2 Å². The van der Waals surface area contributed by atoms with Crippen LogP contribution in [0.3, 0.4) is 0 Å². The fraction of sp³-hybridized carbons (Fsp3) is 0.562. The number of piperidine rings is 1. The second-order valence-corrected chi connectivity index (χ2v) is 5.97. The van der Waals surface area contributed by atoms with E-state index in [0.717, 1.165) is 19.5 Å². The third-order valence-corrected chi connectivity index (χ3v) is 4.07. The van der Waals surface area contributed by atoms with Gasteiger partial charge in [0.05, 0.1) is 12.2 Å². The van der Waals surface area contributed by atoms with Crippen molar-refractivity contribution in [2.45, 2.75) is 19.4 Å². The van der Waals surface area contributed by atoms with Gasteiger partial charge in [-0.15, -0.1) is 12.4 Å². The second-order valence-electron chi connectivity index (χ2n) is 5.53. The van der Waals surface area contributed by atoms with Crippen molar-refractivity contribution >= 4 is 29.9 Å². The molecule has 2 N–H and O–H groups in total. The molecule has 7 heteroatoms. The van der Waals surface area contributed by atoms with Crippen LogP contribution in [0.4, 0.5) is 0 Å². The van der Waals surface area contributed by atoms with Crippen LogP contribution in [0, 0.1) is 5.92 Å². The van der Waals surface area contributed by atoms with E-state index in [2.05, 4.69) is 17.6 Å². The molecule has 1 amide bonds. The molecule has 2 unspecified atom stereocenters. The quantitative estimate of drug-likeness (QED) is 0.763. The molecule has 1 saturated heterocycles. The Labute approximate surface area is 148 Å². The summed E-state index contributed by atoms with van der Waals surface area (Å²) >= 11 is 6.02. The van der Waals surface area contributed by atoms with Gasteiger partial charge in [-0.2, -0.15) is 0 Å². The first-order valence-electron chi connectivity index (χ1n) is 7.54. The van der Waals surface area contributed by atoms with Crippen molar-refractivity contribution in [3.05, 3.63) is 28.8 Å². The van der Waals surface area contributed by atoms with E-state index in [1.165, 1.54) is 0 Å². The van der Waals surface area contributed by atoms with Crippen LogP contribution in [0.2, 0.25) is 5.02 Å². The van der Waals surface area contributed by atoms with Gasteiger partial charge < -0.3 is 20.1 Å². The molecular formula is C16H24Cl2N2O3. The lowest BCUT2D eigenvalue weighted by Crippen LogP contribution is -2.48. The van der Waals surface area contributed by atoms with Crippen LogP contribution in [-0.2, 0) is 4.74 Å². The molecule has 1 aromatic carbocycles. The normalized spacial score (nSPS) is 20.5. The van der Waals surface area contributed by atoms with Crippen molar-refractivity contribution in [2.75, 3.05) is 33.4 Å². The number of rotatable bonds is 6. The van der Waals surface area contributed by atoms with E-state index in [-0.39, 0.29) is 24.4 Å². The summed E-state index contributed by atoms with van der Waals surface area (Å²) in [5, 5.41) is 6.93. The first-order valence-corrected chi connectivity index (χ1v) is 7.92. The smallest absolute Gasteiger partial charge is 0.255 e. The first kappa shape index (κ1) is 20.0. The Kier molecular flexibility index (Phi) is 8.69. The summed E-state index contributed by atoms with van der Waals surface area (Å²) in [7, 11) is 1.61. The summed E-state index contributed by atoms with van der Waals surface area (Å²) in [6.45, 7) is 4.82. The maximum Gasteiger partial charge on any atom is 0.255 e. The van der Waals surface area contributed by atoms with Gasteiger partial charge in [0.15, 0.2) is 0 Å². The number of benzene rings is 1. The van der Waals surface area contributed by atoms with Crippen LogP contribution < -0.4 is 15.4 Å². The highest BCUT2D eigenvalue weighted by atomic mass is 35.5. The number of ether oxygens (including phenoxy) is 2. The van der Waals surface area contributed by atoms with E-state index < -0.39 is 0 Å². The SMILES string of the molecule is COCCOc1ccc(Cl)cc1C(=O)NC1CCNCC1C.Cl. The molecule has 2 atom stereocenters. The molecule has 130 valence electrons. The van der Waals surface area contributed by atoms with Gasteiger partial charge in [0.1, 0.15) is 12.4 Å². The summed E-state index contributed by atoms with van der Waals surface area (Å²) in [6, 6.07) is 5.25. The molecule has 0 bridgehead atoms. The van der Waals surface area contributed by atoms with Gasteiger partial charge in [0.2, 0.25) is 0 Å². The minimum absolute atomic E-state index is 0. The molecule has 1 aliphatic heterocycles. The van der Waals surface area contributed by atoms with E-state index in [1.807, 2.05) is 0 Å². The molecule has 0 spiro atoms. The maximum absolute atomic E-state index is 12.6. The van der Waals surface area contributed by atoms with Gasteiger partial charge in [-0.1, -0.05) is 18.5 Å². The third-order valence-electron chi connectivity index (χ3n) is 3.83. The summed E-state index contributed by atoms with van der Waals surface area (Å²) < 4.78 is 10.6. The van der Waals surface area contributed by atoms with Crippen molar-refractivity contribution in [2.24, 2.45) is 5.92 Å². The number of carbonyl (C=O) groups is 1. The van der Waals surface area contributed by atoms with E-state index in [4.69, 9.17) is 21.1 Å². The minimum atomic E-state index is -0.145. The lowest BCUT2D eigenvalue weighted by atomic mass is 9.95. The minimum Gasteiger partial charge on any atom is -0.490 e. The van der Waals surface area contributed by atoms with Crippen LogP contribution in [0.25, 0.3) is 0 Å². The van der Waals surface area contributed by atoms with Gasteiger partial charge in [-0.05, 0) is 43.6 Å². The Hall–Kier alpha value is -1.01. The largest absolute Gasteiger partial charge is 0.490 e. The average Bonchev–Trinajstić information content (AvgIpc) is 2.51. The first-order chi connectivity index (χ1) is 10.6. The van der Waals surface area contributed by atoms with Crippen LogP contribution in [0.5, 0.6) is 5.75 Å². The highest BCUT2D eigenvalue weighted by molar-refractivity contribution is 6.31. The molecule has 0 radical (unpaired) electrons. The number of carbonyl (C=O) groups excluding carboxylic acids is 1. The number of hydrogen-bond donors (Lipinski definition) is 2. The topological polar surface area (TPSA) is 59.6 Å². The third kappa shape index (κ3) is 5.84. The lowest BCUT2D eigenvalue weighted by Gasteiger charge is -2.30. The van der Waals surface area contributed by atoms with E-state index >= 15 is 0 Å². The zero-order valence-corrected chi connectivity index (χ0v) is 15.0. The predicted molar refractivity (Wildman–Crippen MR) is 94.0 cm³/mol. The van der Waals surface area contributed by atoms with Gasteiger partial charge in [-0.3, -0.25) is 4.79 Å².